The second-order valence-corrected chi connectivity index (χ2v) is 26.4. The molecule has 4 N–H and O–H groups in total. The predicted octanol–water partition coefficient (Wildman–Crippen LogP) is 13.9. The lowest BCUT2D eigenvalue weighted by atomic mass is 9.13. The molecular formula is C82H88BClN6O6. The molecule has 492 valence electrons. The third-order valence-corrected chi connectivity index (χ3v) is 19.2. The molecule has 11 rings (SSSR count). The van der Waals surface area contributed by atoms with Crippen LogP contribution in [0.3, 0.4) is 0 Å². The van der Waals surface area contributed by atoms with Gasteiger partial charge in [-0.25, -0.2) is 19.2 Å². The summed E-state index contributed by atoms with van der Waals surface area (Å²) in [5.74, 6) is -0.962. The molecule has 0 saturated carbocycles. The molecule has 8 aromatic rings. The highest BCUT2D eigenvalue weighted by molar-refractivity contribution is 7.19. The van der Waals surface area contributed by atoms with Crippen molar-refractivity contribution in [1.29, 1.82) is 0 Å². The molecule has 96 heavy (non-hydrogen) atoms. The Morgan fingerprint density at radius 1 is 0.542 bits per heavy atom. The molecule has 0 aromatic heterocycles. The Labute approximate surface area is 571 Å². The number of ether oxygens (including phenoxy) is 2. The lowest BCUT2D eigenvalue weighted by molar-refractivity contribution is -0.437. The largest absolute Gasteiger partial charge is 0.460 e. The lowest BCUT2D eigenvalue weighted by Gasteiger charge is -2.44. The fourth-order valence-electron chi connectivity index (χ4n) is 14.1. The molecule has 2 heterocycles. The molecule has 1 aliphatic carbocycles. The smallest absolute Gasteiger partial charge is 0.333 e. The first kappa shape index (κ1) is 68.9. The molecule has 2 aliphatic heterocycles. The molecule has 0 spiro atoms. The molecule has 0 radical (unpaired) electrons. The van der Waals surface area contributed by atoms with E-state index < -0.39 is 18.1 Å². The van der Waals surface area contributed by atoms with Crippen LogP contribution in [0, 0.1) is 0 Å². The van der Waals surface area contributed by atoms with Gasteiger partial charge in [0.15, 0.2) is 12.3 Å². The van der Waals surface area contributed by atoms with Crippen LogP contribution >= 0.6 is 11.6 Å². The van der Waals surface area contributed by atoms with E-state index in [0.29, 0.717) is 50.2 Å². The lowest BCUT2D eigenvalue weighted by Crippen LogP contribution is -2.74. The number of benzene rings is 8. The Morgan fingerprint density at radius 3 is 1.51 bits per heavy atom. The molecule has 3 aliphatic rings. The Kier molecular flexibility index (Phi) is 22.6. The van der Waals surface area contributed by atoms with Gasteiger partial charge in [0.05, 0.1) is 18.5 Å². The number of allylic oxidation sites excluding steroid dienone is 8. The Bertz CT molecular complexity index is 4170. The van der Waals surface area contributed by atoms with E-state index in [1.807, 2.05) is 0 Å². The van der Waals surface area contributed by atoms with Crippen LogP contribution in [0.2, 0.25) is 0 Å². The van der Waals surface area contributed by atoms with E-state index in [-0.39, 0.29) is 49.2 Å². The zero-order chi connectivity index (χ0) is 67.8. The zero-order valence-corrected chi connectivity index (χ0v) is 56.9. The zero-order valence-electron chi connectivity index (χ0n) is 56.2. The van der Waals surface area contributed by atoms with Gasteiger partial charge >= 0.3 is 24.0 Å². The molecule has 4 amide bonds. The highest BCUT2D eigenvalue weighted by Crippen LogP contribution is 2.51. The summed E-state index contributed by atoms with van der Waals surface area (Å²) in [6.45, 7) is 22.3. The van der Waals surface area contributed by atoms with Gasteiger partial charge in [-0.05, 0) is 110 Å². The van der Waals surface area contributed by atoms with E-state index >= 15 is 0 Å². The second kappa shape index (κ2) is 31.5. The first-order chi connectivity index (χ1) is 46.4. The fraction of sp³-hybridized carbons (Fsp3) is 0.256. The minimum absolute atomic E-state index is 0.0696. The number of esters is 2. The van der Waals surface area contributed by atoms with Crippen LogP contribution in [0.25, 0.3) is 21.5 Å². The van der Waals surface area contributed by atoms with Gasteiger partial charge in [0.1, 0.15) is 19.4 Å². The minimum Gasteiger partial charge on any atom is -0.460 e. The van der Waals surface area contributed by atoms with Crippen LogP contribution in [-0.4, -0.2) is 92.9 Å². The average Bonchev–Trinajstić information content (AvgIpc) is 1.30. The quantitative estimate of drug-likeness (QED) is 0.0164. The Balaban J connectivity index is 0.000000332. The third-order valence-electron chi connectivity index (χ3n) is 18.7. The molecule has 8 aromatic carbocycles. The van der Waals surface area contributed by atoms with Crippen LogP contribution in [-0.2, 0) is 29.9 Å². The van der Waals surface area contributed by atoms with Crippen LogP contribution < -0.4 is 48.0 Å². The summed E-state index contributed by atoms with van der Waals surface area (Å²) in [5, 5.41) is 17.0. The van der Waals surface area contributed by atoms with Crippen molar-refractivity contribution in [2.45, 2.75) is 84.5 Å². The van der Waals surface area contributed by atoms with E-state index in [0.717, 1.165) is 58.2 Å². The van der Waals surface area contributed by atoms with Crippen molar-refractivity contribution in [1.82, 2.24) is 21.3 Å². The molecule has 0 atom stereocenters. The average molecular weight is 1300 g/mol. The summed E-state index contributed by atoms with van der Waals surface area (Å²) in [4.78, 5) is 51.0. The SMILES string of the molecule is C=C(C)C(=O)OCCNC(=O)NCCCN1/C(=C/C=C2\CCCC(/C=C/C3=[N+](CCCNC(=O)NCCOC(=O)C(=C)C)c4ccc5ccccc5c4C3(C)C)=C2Cl)C(C)(C)c2c1ccc1ccccc21.c1ccc([B-](c2ccccc2)(c2ccccc2)c2ccccc2)cc1. The maximum Gasteiger partial charge on any atom is 0.333 e. The summed E-state index contributed by atoms with van der Waals surface area (Å²) in [7, 11) is 0. The number of halogens is 1. The number of fused-ring (bicyclic) bond motifs is 6. The van der Waals surface area contributed by atoms with Gasteiger partial charge in [0.2, 0.25) is 5.69 Å². The molecule has 0 fully saturated rings. The monoisotopic (exact) mass is 1300 g/mol. The van der Waals surface area contributed by atoms with Crippen LogP contribution in [0.15, 0.2) is 265 Å². The van der Waals surface area contributed by atoms with E-state index in [4.69, 9.17) is 21.1 Å². The minimum atomic E-state index is -1.22. The molecule has 0 bridgehead atoms. The van der Waals surface area contributed by atoms with Crippen molar-refractivity contribution in [3.05, 3.63) is 276 Å². The Morgan fingerprint density at radius 2 is 1.00 bits per heavy atom. The molecule has 14 heteroatoms. The van der Waals surface area contributed by atoms with E-state index in [1.165, 1.54) is 54.5 Å². The van der Waals surface area contributed by atoms with Gasteiger partial charge in [-0.2, -0.15) is 26.4 Å². The van der Waals surface area contributed by atoms with E-state index in [2.05, 4.69) is 290 Å². The molecular weight excluding hydrogens is 1210 g/mol. The van der Waals surface area contributed by atoms with Crippen molar-refractivity contribution in [2.24, 2.45) is 0 Å². The highest BCUT2D eigenvalue weighted by atomic mass is 35.5. The van der Waals surface area contributed by atoms with E-state index in [9.17, 15) is 19.2 Å². The van der Waals surface area contributed by atoms with Gasteiger partial charge < -0.3 is 35.6 Å². The van der Waals surface area contributed by atoms with Gasteiger partial charge in [-0.1, -0.05) is 227 Å². The second-order valence-electron chi connectivity index (χ2n) is 26.0. The summed E-state index contributed by atoms with van der Waals surface area (Å²) >= 11 is 7.43. The number of nitrogens with zero attached hydrogens (tertiary/aromatic N) is 2. The van der Waals surface area contributed by atoms with E-state index in [1.54, 1.807) is 13.8 Å². The van der Waals surface area contributed by atoms with Crippen LogP contribution in [0.1, 0.15) is 84.8 Å². The summed E-state index contributed by atoms with van der Waals surface area (Å²) < 4.78 is 12.6. The fourth-order valence-corrected chi connectivity index (χ4v) is 14.4. The number of hydrogen-bond acceptors (Lipinski definition) is 7. The number of urea groups is 2. The number of amides is 4. The maximum absolute atomic E-state index is 12.6. The van der Waals surface area contributed by atoms with Crippen molar-refractivity contribution < 1.29 is 33.2 Å². The van der Waals surface area contributed by atoms with Gasteiger partial charge in [-0.3, -0.25) is 0 Å². The van der Waals surface area contributed by atoms with Gasteiger partial charge in [0, 0.05) is 76.7 Å². The highest BCUT2D eigenvalue weighted by Gasteiger charge is 2.46. The first-order valence-corrected chi connectivity index (χ1v) is 33.8. The third kappa shape index (κ3) is 15.4. The van der Waals surface area contributed by atoms with Crippen molar-refractivity contribution >= 4 is 102 Å². The van der Waals surface area contributed by atoms with Crippen molar-refractivity contribution in [3.8, 4) is 0 Å². The number of anilines is 1. The number of carbonyl (C=O) groups is 4. The topological polar surface area (TPSA) is 141 Å². The standard InChI is InChI=1S/C58H67ClN6O6.C24H20B/c1-38(2)53(66)70-36-32-62-55(68)60-30-14-34-64-46-26-22-40-16-9-11-20-44(40)50(46)57(5,6)48(64)28-24-42-18-13-19-43(52(42)59)25-29-49-58(7,8)51-45-21-12-10-17-41(45)23-27-47(51)65(49)35-15-31-61-56(69)63-33-37-71-54(67)39(3)4;1-5-13-21(14-6-1)25(22-15-7-2-8-16-22,23-17-9-3-10-18-23)24-19-11-4-12-20-24/h9-12,16-17,20-29H,1,3,13-15,18-19,30-37H2,2,4-8H3,(H3-,60,61,62,63,68,69);1-20H/q;-1/p+1. The summed E-state index contributed by atoms with van der Waals surface area (Å²) in [6, 6.07) is 68.7. The van der Waals surface area contributed by atoms with Crippen molar-refractivity contribution in [2.75, 3.05) is 57.4 Å². The molecule has 12 nitrogen and oxygen atoms in total. The summed E-state index contributed by atoms with van der Waals surface area (Å²) in [6.07, 6.45) is 11.7. The number of rotatable bonds is 23. The maximum atomic E-state index is 12.6. The molecule has 0 saturated heterocycles. The van der Waals surface area contributed by atoms with Gasteiger partial charge in [0.25, 0.3) is 0 Å². The summed E-state index contributed by atoms with van der Waals surface area (Å²) in [5.41, 5.74) is 14.7. The number of hydrogen-bond donors (Lipinski definition) is 4. The van der Waals surface area contributed by atoms with Crippen LogP contribution in [0.5, 0.6) is 0 Å². The Hall–Kier alpha value is -9.98. The van der Waals surface area contributed by atoms with Crippen LogP contribution in [0.4, 0.5) is 21.0 Å². The molecule has 0 unspecified atom stereocenters. The number of carbonyl (C=O) groups excluding carboxylic acids is 4. The first-order valence-electron chi connectivity index (χ1n) is 33.4. The predicted molar refractivity (Wildman–Crippen MR) is 397 cm³/mol. The van der Waals surface area contributed by atoms with Crippen molar-refractivity contribution in [3.63, 3.8) is 0 Å². The number of nitrogens with one attached hydrogen (secondary N) is 4. The van der Waals surface area contributed by atoms with Gasteiger partial charge in [-0.15, -0.1) is 0 Å². The normalized spacial score (nSPS) is 15.4.